The number of aryl methyl sites for hydroxylation is 1. The summed E-state index contributed by atoms with van der Waals surface area (Å²) >= 11 is 0.925. The Morgan fingerprint density at radius 3 is 2.32 bits per heavy atom. The lowest BCUT2D eigenvalue weighted by atomic mass is 10.2. The van der Waals surface area contributed by atoms with Gasteiger partial charge in [-0.25, -0.2) is 9.69 Å². The topological polar surface area (TPSA) is 75.7 Å². The standard InChI is InChI=1S/C18H16N2O4S/c1-11-3-9-14(10-4-11)20-16(21)15(25-18(20)23)19-13-7-5-12(6-8-13)17(22)24-2/h3-10,15,19H,1-2H3/t15-/m0/s1. The number of rotatable bonds is 4. The fraction of sp³-hybridized carbons (Fsp3) is 0.167. The molecular weight excluding hydrogens is 340 g/mol. The number of carbonyl (C=O) groups excluding carboxylic acids is 3. The predicted octanol–water partition coefficient (Wildman–Crippen LogP) is 3.42. The van der Waals surface area contributed by atoms with E-state index in [2.05, 4.69) is 10.1 Å². The third-order valence-electron chi connectivity index (χ3n) is 3.74. The normalized spacial score (nSPS) is 16.9. The lowest BCUT2D eigenvalue weighted by Crippen LogP contribution is -2.34. The van der Waals surface area contributed by atoms with E-state index in [0.717, 1.165) is 17.3 Å². The van der Waals surface area contributed by atoms with Crippen molar-refractivity contribution in [3.05, 3.63) is 59.7 Å². The Morgan fingerprint density at radius 1 is 1.08 bits per heavy atom. The quantitative estimate of drug-likeness (QED) is 0.846. The average Bonchev–Trinajstić information content (AvgIpc) is 2.89. The maximum Gasteiger partial charge on any atom is 0.337 e. The van der Waals surface area contributed by atoms with Crippen LogP contribution >= 0.6 is 11.8 Å². The molecule has 6 nitrogen and oxygen atoms in total. The summed E-state index contributed by atoms with van der Waals surface area (Å²) in [6.45, 7) is 1.94. The molecule has 1 aliphatic rings. The van der Waals surface area contributed by atoms with Crippen molar-refractivity contribution in [2.45, 2.75) is 12.3 Å². The zero-order chi connectivity index (χ0) is 18.0. The highest BCUT2D eigenvalue weighted by Crippen LogP contribution is 2.32. The van der Waals surface area contributed by atoms with Gasteiger partial charge >= 0.3 is 5.97 Å². The molecule has 1 heterocycles. The van der Waals surface area contributed by atoms with Crippen LogP contribution in [0.3, 0.4) is 0 Å². The van der Waals surface area contributed by atoms with Gasteiger partial charge in [0.2, 0.25) is 0 Å². The molecule has 1 fully saturated rings. The molecule has 2 aromatic carbocycles. The number of ether oxygens (including phenoxy) is 1. The van der Waals surface area contributed by atoms with E-state index in [1.54, 1.807) is 36.4 Å². The summed E-state index contributed by atoms with van der Waals surface area (Å²) in [6.07, 6.45) is 0. The number of thioether (sulfide) groups is 1. The first-order valence-corrected chi connectivity index (χ1v) is 8.44. The number of carbonyl (C=O) groups is 3. The van der Waals surface area contributed by atoms with Crippen molar-refractivity contribution < 1.29 is 19.1 Å². The first kappa shape index (κ1) is 17.0. The number of hydrogen-bond donors (Lipinski definition) is 1. The van der Waals surface area contributed by atoms with Crippen LogP contribution in [-0.2, 0) is 9.53 Å². The van der Waals surface area contributed by atoms with Crippen LogP contribution in [0.2, 0.25) is 0 Å². The van der Waals surface area contributed by atoms with E-state index in [1.807, 2.05) is 19.1 Å². The zero-order valence-corrected chi connectivity index (χ0v) is 14.5. The van der Waals surface area contributed by atoms with E-state index in [9.17, 15) is 14.4 Å². The second-order valence-electron chi connectivity index (χ2n) is 5.49. The van der Waals surface area contributed by atoms with Crippen molar-refractivity contribution >= 4 is 40.3 Å². The lowest BCUT2D eigenvalue weighted by molar-refractivity contribution is -0.116. The summed E-state index contributed by atoms with van der Waals surface area (Å²) in [6, 6.07) is 13.7. The molecule has 1 saturated heterocycles. The summed E-state index contributed by atoms with van der Waals surface area (Å²) < 4.78 is 4.64. The summed E-state index contributed by atoms with van der Waals surface area (Å²) in [5.74, 6) is -0.755. The molecule has 1 N–H and O–H groups in total. The highest BCUT2D eigenvalue weighted by atomic mass is 32.2. The minimum Gasteiger partial charge on any atom is -0.465 e. The van der Waals surface area contributed by atoms with Crippen molar-refractivity contribution in [1.82, 2.24) is 0 Å². The molecular formula is C18H16N2O4S. The van der Waals surface area contributed by atoms with Gasteiger partial charge < -0.3 is 10.1 Å². The summed E-state index contributed by atoms with van der Waals surface area (Å²) in [5, 5.41) is 1.98. The number of hydrogen-bond acceptors (Lipinski definition) is 6. The number of benzene rings is 2. The molecule has 3 rings (SSSR count). The summed E-state index contributed by atoms with van der Waals surface area (Å²) in [4.78, 5) is 37.4. The van der Waals surface area contributed by atoms with Gasteiger partial charge in [-0.3, -0.25) is 9.59 Å². The first-order valence-electron chi connectivity index (χ1n) is 7.56. The van der Waals surface area contributed by atoms with Crippen LogP contribution in [0.5, 0.6) is 0 Å². The Hall–Kier alpha value is -2.80. The van der Waals surface area contributed by atoms with Crippen LogP contribution < -0.4 is 10.2 Å². The smallest absolute Gasteiger partial charge is 0.337 e. The third-order valence-corrected chi connectivity index (χ3v) is 4.68. The Bertz CT molecular complexity index is 818. The number of nitrogens with one attached hydrogen (secondary N) is 1. The monoisotopic (exact) mass is 356 g/mol. The Labute approximate surface area is 149 Å². The van der Waals surface area contributed by atoms with E-state index >= 15 is 0 Å². The van der Waals surface area contributed by atoms with Crippen molar-refractivity contribution in [2.75, 3.05) is 17.3 Å². The van der Waals surface area contributed by atoms with Gasteiger partial charge in [0.05, 0.1) is 18.4 Å². The van der Waals surface area contributed by atoms with Crippen LogP contribution in [0.15, 0.2) is 48.5 Å². The number of methoxy groups -OCH3 is 1. The number of imide groups is 1. The van der Waals surface area contributed by atoms with Gasteiger partial charge in [0, 0.05) is 5.69 Å². The van der Waals surface area contributed by atoms with Crippen molar-refractivity contribution in [3.8, 4) is 0 Å². The molecule has 0 radical (unpaired) electrons. The fourth-order valence-corrected chi connectivity index (χ4v) is 3.30. The fourth-order valence-electron chi connectivity index (χ4n) is 2.40. The van der Waals surface area contributed by atoms with Crippen LogP contribution in [-0.4, -0.2) is 29.6 Å². The predicted molar refractivity (Wildman–Crippen MR) is 96.8 cm³/mol. The molecule has 1 aliphatic heterocycles. The van der Waals surface area contributed by atoms with Crippen molar-refractivity contribution in [1.29, 1.82) is 0 Å². The van der Waals surface area contributed by atoms with Crippen LogP contribution in [0.4, 0.5) is 16.2 Å². The highest BCUT2D eigenvalue weighted by Gasteiger charge is 2.40. The molecule has 0 aliphatic carbocycles. The Balaban J connectivity index is 1.74. The van der Waals surface area contributed by atoms with Gasteiger partial charge in [-0.1, -0.05) is 17.7 Å². The first-order chi connectivity index (χ1) is 12.0. The summed E-state index contributed by atoms with van der Waals surface area (Å²) in [7, 11) is 1.31. The van der Waals surface area contributed by atoms with E-state index in [0.29, 0.717) is 16.9 Å². The number of amides is 2. The maximum atomic E-state index is 12.6. The molecule has 2 aromatic rings. The van der Waals surface area contributed by atoms with Gasteiger partial charge in [-0.2, -0.15) is 0 Å². The molecule has 25 heavy (non-hydrogen) atoms. The molecule has 0 unspecified atom stereocenters. The van der Waals surface area contributed by atoms with Crippen molar-refractivity contribution in [2.24, 2.45) is 0 Å². The number of anilines is 2. The van der Waals surface area contributed by atoms with E-state index < -0.39 is 11.3 Å². The van der Waals surface area contributed by atoms with Crippen LogP contribution in [0.1, 0.15) is 15.9 Å². The Kier molecular flexibility index (Phi) is 4.76. The molecule has 0 aromatic heterocycles. The minimum absolute atomic E-state index is 0.322. The van der Waals surface area contributed by atoms with Gasteiger partial charge in [0.25, 0.3) is 11.1 Å². The van der Waals surface area contributed by atoms with Gasteiger partial charge in [-0.15, -0.1) is 0 Å². The highest BCUT2D eigenvalue weighted by molar-refractivity contribution is 8.16. The SMILES string of the molecule is COC(=O)c1ccc(N[C@H]2SC(=O)N(c3ccc(C)cc3)C2=O)cc1. The van der Waals surface area contributed by atoms with E-state index in [1.165, 1.54) is 12.0 Å². The number of esters is 1. The average molecular weight is 356 g/mol. The molecule has 7 heteroatoms. The molecule has 2 amide bonds. The van der Waals surface area contributed by atoms with Gasteiger partial charge in [0.1, 0.15) is 0 Å². The Morgan fingerprint density at radius 2 is 1.72 bits per heavy atom. The lowest BCUT2D eigenvalue weighted by Gasteiger charge is -2.15. The summed E-state index contributed by atoms with van der Waals surface area (Å²) in [5.41, 5.74) is 2.65. The second-order valence-corrected chi connectivity index (χ2v) is 6.54. The molecule has 128 valence electrons. The van der Waals surface area contributed by atoms with Crippen LogP contribution in [0, 0.1) is 6.92 Å². The largest absolute Gasteiger partial charge is 0.465 e. The van der Waals surface area contributed by atoms with E-state index in [-0.39, 0.29) is 11.1 Å². The van der Waals surface area contributed by atoms with Gasteiger partial charge in [0.15, 0.2) is 5.37 Å². The molecule has 0 saturated carbocycles. The molecule has 0 bridgehead atoms. The zero-order valence-electron chi connectivity index (χ0n) is 13.7. The molecule has 1 atom stereocenters. The second kappa shape index (κ2) is 6.98. The third kappa shape index (κ3) is 3.51. The van der Waals surface area contributed by atoms with Crippen LogP contribution in [0.25, 0.3) is 0 Å². The maximum absolute atomic E-state index is 12.6. The minimum atomic E-state index is -0.710. The number of nitrogens with zero attached hydrogens (tertiary/aromatic N) is 1. The van der Waals surface area contributed by atoms with E-state index in [4.69, 9.17) is 0 Å². The van der Waals surface area contributed by atoms with Gasteiger partial charge in [-0.05, 0) is 55.1 Å². The molecule has 0 spiro atoms. The van der Waals surface area contributed by atoms with Crippen molar-refractivity contribution in [3.63, 3.8) is 0 Å².